The van der Waals surface area contributed by atoms with E-state index >= 15 is 0 Å². The Morgan fingerprint density at radius 1 is 1.09 bits per heavy atom. The Balaban J connectivity index is 1.22. The smallest absolute Gasteiger partial charge is 0.386 e. The molecule has 3 fully saturated rings. The van der Waals surface area contributed by atoms with Crippen molar-refractivity contribution in [2.75, 3.05) is 25.6 Å². The normalized spacial score (nSPS) is 37.2. The lowest BCUT2D eigenvalue weighted by molar-refractivity contribution is -0.0501. The number of nitrogens with zero attached hydrogens (tertiary/aromatic N) is 6. The van der Waals surface area contributed by atoms with Crippen LogP contribution < -0.4 is 11.3 Å². The van der Waals surface area contributed by atoms with Crippen LogP contribution in [-0.4, -0.2) is 88.5 Å². The number of ether oxygens (including phenoxy) is 1. The number of aromatic nitrogens is 7. The highest BCUT2D eigenvalue weighted by Crippen LogP contribution is 2.61. The Kier molecular flexibility index (Phi) is 8.37. The number of H-pyrrole nitrogens is 1. The molecule has 18 nitrogen and oxygen atoms in total. The third-order valence-electron chi connectivity index (χ3n) is 8.53. The fraction of sp³-hybridized carbons (Fsp3) is 0.542. The molecule has 22 heteroatoms. The van der Waals surface area contributed by atoms with Crippen LogP contribution in [0.2, 0.25) is 0 Å². The van der Waals surface area contributed by atoms with E-state index < -0.39 is 80.9 Å². The molecule has 46 heavy (non-hydrogen) atoms. The monoisotopic (exact) mass is 716 g/mol. The van der Waals surface area contributed by atoms with Gasteiger partial charge in [-0.15, -0.1) is 0 Å². The van der Waals surface area contributed by atoms with Crippen LogP contribution in [0, 0.1) is 18.8 Å². The number of anilines is 1. The topological polar surface area (TPSA) is 241 Å². The van der Waals surface area contributed by atoms with Gasteiger partial charge in [-0.05, 0) is 19.4 Å². The number of hydrogen-bond donors (Lipinski definition) is 6. The molecule has 7 rings (SSSR count). The van der Waals surface area contributed by atoms with Crippen LogP contribution >= 0.6 is 38.1 Å². The molecule has 0 aromatic carbocycles. The number of hydrogen-bond acceptors (Lipinski definition) is 15. The van der Waals surface area contributed by atoms with Crippen molar-refractivity contribution in [3.8, 4) is 0 Å². The first-order valence-electron chi connectivity index (χ1n) is 14.1. The van der Waals surface area contributed by atoms with E-state index in [2.05, 4.69) is 49.4 Å². The van der Waals surface area contributed by atoms with Gasteiger partial charge in [-0.25, -0.2) is 29.1 Å². The minimum Gasteiger partial charge on any atom is -0.396 e. The van der Waals surface area contributed by atoms with Crippen molar-refractivity contribution in [2.45, 2.75) is 50.0 Å². The Morgan fingerprint density at radius 2 is 1.83 bits per heavy atom. The number of nitrogen functional groups attached to an aromatic ring is 1. The highest BCUT2D eigenvalue weighted by Gasteiger charge is 2.52. The molecule has 0 amide bonds. The van der Waals surface area contributed by atoms with E-state index in [0.717, 1.165) is 0 Å². The highest BCUT2D eigenvalue weighted by molar-refractivity contribution is 8.44. The Labute approximate surface area is 270 Å². The van der Waals surface area contributed by atoms with Crippen molar-refractivity contribution in [1.29, 1.82) is 0 Å². The standard InChI is InChI=1S/C24H30N8O10P2S2/c1-10-29-22-16(23(35)30-10)28-9-32(22)24-19-13(5-33)15(40-24)7-39-44(37,46)41-18-11(6-38-43(36,45)42-19)4-14(17(18)34)31-3-2-12-20(25)26-8-27-21(12)31/h2-3,8-9,11,13-15,17-19,24,33-34H,4-7H2,1H3,(H,36,45)(H,37,46)(H2,25,26,27)(H,29,30,35)/t11-,13-,14-,15-,17+,18-,19-,24-,43+,44-/m1/s1. The summed E-state index contributed by atoms with van der Waals surface area (Å²) in [7, 11) is 0. The highest BCUT2D eigenvalue weighted by atomic mass is 32.7. The van der Waals surface area contributed by atoms with Crippen molar-refractivity contribution in [3.63, 3.8) is 0 Å². The maximum Gasteiger partial charge on any atom is 0.386 e. The zero-order valence-corrected chi connectivity index (χ0v) is 27.5. The van der Waals surface area contributed by atoms with Gasteiger partial charge in [-0.1, -0.05) is 24.5 Å². The third-order valence-corrected chi connectivity index (χ3v) is 11.8. The fourth-order valence-electron chi connectivity index (χ4n) is 6.40. The minimum atomic E-state index is -4.22. The number of imidazole rings is 1. The second-order valence-electron chi connectivity index (χ2n) is 11.3. The number of rotatable bonds is 3. The number of fused-ring (bicyclic) bond motifs is 5. The zero-order chi connectivity index (χ0) is 32.5. The Morgan fingerprint density at radius 3 is 2.59 bits per heavy atom. The summed E-state index contributed by atoms with van der Waals surface area (Å²) in [4.78, 5) is 31.9. The first kappa shape index (κ1) is 32.2. The number of nitrogens with one attached hydrogen (secondary N) is 1. The van der Waals surface area contributed by atoms with Gasteiger partial charge in [-0.2, -0.15) is 0 Å². The van der Waals surface area contributed by atoms with E-state index in [1.807, 2.05) is 0 Å². The van der Waals surface area contributed by atoms with Crippen LogP contribution in [0.15, 0.2) is 29.7 Å². The largest absolute Gasteiger partial charge is 0.396 e. The van der Waals surface area contributed by atoms with Gasteiger partial charge in [0.2, 0.25) is 0 Å². The van der Waals surface area contributed by atoms with E-state index in [-0.39, 0.29) is 30.0 Å². The molecule has 248 valence electrons. The molecule has 2 bridgehead atoms. The molecular weight excluding hydrogens is 686 g/mol. The van der Waals surface area contributed by atoms with Gasteiger partial charge in [0.15, 0.2) is 17.4 Å². The van der Waals surface area contributed by atoms with Crippen molar-refractivity contribution in [1.82, 2.24) is 34.1 Å². The summed E-state index contributed by atoms with van der Waals surface area (Å²) in [5, 5.41) is 22.4. The van der Waals surface area contributed by atoms with E-state index in [1.54, 1.807) is 23.8 Å². The lowest BCUT2D eigenvalue weighted by atomic mass is 9.99. The van der Waals surface area contributed by atoms with Gasteiger partial charge in [-0.3, -0.25) is 22.9 Å². The van der Waals surface area contributed by atoms with Crippen molar-refractivity contribution >= 4 is 66.1 Å². The van der Waals surface area contributed by atoms with Crippen molar-refractivity contribution < 1.29 is 42.2 Å². The van der Waals surface area contributed by atoms with Gasteiger partial charge in [0.25, 0.3) is 5.56 Å². The summed E-state index contributed by atoms with van der Waals surface area (Å²) in [6.45, 7) is -8.08. The molecule has 4 aromatic heterocycles. The number of aliphatic hydroxyl groups is 2. The summed E-state index contributed by atoms with van der Waals surface area (Å²) in [5.41, 5.74) is 6.15. The van der Waals surface area contributed by atoms with Crippen LogP contribution in [0.5, 0.6) is 0 Å². The Bertz CT molecular complexity index is 1960. The fourth-order valence-corrected chi connectivity index (χ4v) is 9.46. The molecule has 2 aliphatic heterocycles. The van der Waals surface area contributed by atoms with Gasteiger partial charge in [0.05, 0.1) is 43.7 Å². The quantitative estimate of drug-likeness (QED) is 0.131. The van der Waals surface area contributed by atoms with Gasteiger partial charge < -0.3 is 34.8 Å². The molecule has 0 unspecified atom stereocenters. The molecule has 1 aliphatic carbocycles. The Hall–Kier alpha value is -2.35. The van der Waals surface area contributed by atoms with E-state index in [4.69, 9.17) is 28.6 Å². The lowest BCUT2D eigenvalue weighted by Gasteiger charge is -2.28. The molecule has 4 aromatic rings. The van der Waals surface area contributed by atoms with Crippen molar-refractivity contribution in [3.05, 3.63) is 41.1 Å². The van der Waals surface area contributed by atoms with Crippen LogP contribution in [0.4, 0.5) is 5.82 Å². The molecule has 1 saturated carbocycles. The van der Waals surface area contributed by atoms with E-state index in [9.17, 15) is 24.1 Å². The summed E-state index contributed by atoms with van der Waals surface area (Å²) >= 11 is 8.41. The molecule has 5 N–H and O–H groups in total. The van der Waals surface area contributed by atoms with Gasteiger partial charge in [0.1, 0.15) is 41.9 Å². The first-order chi connectivity index (χ1) is 21.9. The summed E-state index contributed by atoms with van der Waals surface area (Å²) in [5.74, 6) is -1.03. The third kappa shape index (κ3) is 5.72. The predicted octanol–water partition coefficient (Wildman–Crippen LogP) is 1.78. The summed E-state index contributed by atoms with van der Waals surface area (Å²) < 4.78 is 59.8. The van der Waals surface area contributed by atoms with Crippen LogP contribution in [0.3, 0.4) is 0 Å². The molecule has 10 atom stereocenters. The van der Waals surface area contributed by atoms with Crippen molar-refractivity contribution in [2.24, 2.45) is 11.8 Å². The summed E-state index contributed by atoms with van der Waals surface area (Å²) in [6, 6.07) is 1.06. The number of aryl methyl sites for hydroxylation is 1. The molecule has 2 saturated heterocycles. The zero-order valence-electron chi connectivity index (χ0n) is 24.0. The minimum absolute atomic E-state index is 0.0196. The average Bonchev–Trinajstić information content (AvgIpc) is 3.75. The number of nitrogens with two attached hydrogens (primary N) is 1. The van der Waals surface area contributed by atoms with Crippen LogP contribution in [0.1, 0.15) is 24.5 Å². The number of aromatic amines is 1. The lowest BCUT2D eigenvalue weighted by Crippen LogP contribution is -2.33. The molecular formula is C24H30N8O10P2S2. The second kappa shape index (κ2) is 12.0. The van der Waals surface area contributed by atoms with Crippen LogP contribution in [0.25, 0.3) is 22.2 Å². The van der Waals surface area contributed by atoms with Crippen LogP contribution in [-0.2, 0) is 32.0 Å². The summed E-state index contributed by atoms with van der Waals surface area (Å²) in [6.07, 6.45) is -1.23. The van der Waals surface area contributed by atoms with Gasteiger partial charge in [0, 0.05) is 18.0 Å². The second-order valence-corrected chi connectivity index (χ2v) is 17.1. The average molecular weight is 717 g/mol. The number of thiol groups is 2. The maximum atomic E-state index is 13.8. The molecule has 3 aliphatic rings. The van der Waals surface area contributed by atoms with E-state index in [1.165, 1.54) is 17.2 Å². The molecule has 6 heterocycles. The number of aliphatic hydroxyl groups excluding tert-OH is 2. The first-order valence-corrected chi connectivity index (χ1v) is 19.5. The predicted molar refractivity (Wildman–Crippen MR) is 167 cm³/mol. The van der Waals surface area contributed by atoms with Gasteiger partial charge >= 0.3 is 13.6 Å². The van der Waals surface area contributed by atoms with E-state index in [0.29, 0.717) is 16.9 Å². The molecule has 0 radical (unpaired) electrons. The maximum absolute atomic E-state index is 13.8. The SMILES string of the molecule is Cc1nc2c(ncn2[C@@H]2O[C@@H]3CO[P@@](=O)(S)O[C@@H]4[C@@H](CO[P@](=O)(S)O[C@@H]2[C@@H]3CO)C[C@@H](n2ccc3c(N)ncnc32)[C@@H]4O)c(=O)[nH]1. The molecule has 0 spiro atoms.